The number of fused-ring (bicyclic) bond motifs is 1. The van der Waals surface area contributed by atoms with E-state index in [2.05, 4.69) is 4.98 Å². The Balaban J connectivity index is 2.37. The number of imidazole rings is 1. The van der Waals surface area contributed by atoms with E-state index in [1.807, 2.05) is 41.8 Å². The van der Waals surface area contributed by atoms with Crippen molar-refractivity contribution in [3.63, 3.8) is 0 Å². The number of nitrogens with zero attached hydrogens (tertiary/aromatic N) is 2. The number of hydrogen-bond acceptors (Lipinski definition) is 3. The van der Waals surface area contributed by atoms with Gasteiger partial charge in [0, 0.05) is 11.9 Å². The summed E-state index contributed by atoms with van der Waals surface area (Å²) in [6, 6.07) is 7.56. The molecule has 4 nitrogen and oxygen atoms in total. The second-order valence-corrected chi connectivity index (χ2v) is 3.72. The molecule has 0 saturated carbocycles. The maximum absolute atomic E-state index is 5.78. The van der Waals surface area contributed by atoms with E-state index in [0.29, 0.717) is 5.69 Å². The van der Waals surface area contributed by atoms with Crippen molar-refractivity contribution < 1.29 is 4.42 Å². The van der Waals surface area contributed by atoms with Crippen LogP contribution >= 0.6 is 0 Å². The van der Waals surface area contributed by atoms with E-state index >= 15 is 0 Å². The van der Waals surface area contributed by atoms with Crippen LogP contribution in [-0.4, -0.2) is 9.38 Å². The smallest absolute Gasteiger partial charge is 0.181 e. The number of nitrogen functional groups attached to an aromatic ring is 1. The molecule has 3 heterocycles. The van der Waals surface area contributed by atoms with Crippen LogP contribution in [0, 0.1) is 6.92 Å². The van der Waals surface area contributed by atoms with Gasteiger partial charge in [-0.05, 0) is 31.2 Å². The Hall–Kier alpha value is -2.23. The maximum Gasteiger partial charge on any atom is 0.181 e. The van der Waals surface area contributed by atoms with E-state index in [0.717, 1.165) is 22.8 Å². The van der Waals surface area contributed by atoms with Crippen LogP contribution in [0.4, 0.5) is 5.69 Å². The highest BCUT2D eigenvalue weighted by atomic mass is 16.3. The SMILES string of the molecule is Cc1nc(-c2ccco2)n2cc(N)ccc12. The average molecular weight is 213 g/mol. The lowest BCUT2D eigenvalue weighted by Crippen LogP contribution is -1.92. The quantitative estimate of drug-likeness (QED) is 0.675. The van der Waals surface area contributed by atoms with E-state index < -0.39 is 0 Å². The second-order valence-electron chi connectivity index (χ2n) is 3.72. The number of nitrogens with two attached hydrogens (primary N) is 1. The summed E-state index contributed by atoms with van der Waals surface area (Å²) in [5.41, 5.74) is 8.49. The van der Waals surface area contributed by atoms with Crippen molar-refractivity contribution in [2.24, 2.45) is 0 Å². The first-order chi connectivity index (χ1) is 7.75. The molecule has 4 heteroatoms. The van der Waals surface area contributed by atoms with E-state index in [9.17, 15) is 0 Å². The summed E-state index contributed by atoms with van der Waals surface area (Å²) in [4.78, 5) is 4.49. The van der Waals surface area contributed by atoms with Gasteiger partial charge in [0.2, 0.25) is 0 Å². The highest BCUT2D eigenvalue weighted by Gasteiger charge is 2.11. The van der Waals surface area contributed by atoms with Crippen molar-refractivity contribution in [1.29, 1.82) is 0 Å². The Morgan fingerprint density at radius 1 is 1.31 bits per heavy atom. The minimum Gasteiger partial charge on any atom is -0.461 e. The molecule has 0 amide bonds. The molecule has 16 heavy (non-hydrogen) atoms. The fraction of sp³-hybridized carbons (Fsp3) is 0.0833. The Morgan fingerprint density at radius 2 is 2.19 bits per heavy atom. The largest absolute Gasteiger partial charge is 0.461 e. The lowest BCUT2D eigenvalue weighted by atomic mass is 10.3. The van der Waals surface area contributed by atoms with Crippen LogP contribution in [-0.2, 0) is 0 Å². The monoisotopic (exact) mass is 213 g/mol. The normalized spacial score (nSPS) is 11.1. The van der Waals surface area contributed by atoms with Gasteiger partial charge in [-0.15, -0.1) is 0 Å². The molecule has 3 aromatic rings. The summed E-state index contributed by atoms with van der Waals surface area (Å²) in [5, 5.41) is 0. The van der Waals surface area contributed by atoms with Crippen LogP contribution < -0.4 is 5.73 Å². The van der Waals surface area contributed by atoms with Gasteiger partial charge in [0.25, 0.3) is 0 Å². The Bertz CT molecular complexity index is 638. The summed E-state index contributed by atoms with van der Waals surface area (Å²) < 4.78 is 7.30. The molecule has 0 fully saturated rings. The van der Waals surface area contributed by atoms with E-state index in [1.165, 1.54) is 0 Å². The van der Waals surface area contributed by atoms with Crippen molar-refractivity contribution in [3.05, 3.63) is 42.4 Å². The molecule has 0 radical (unpaired) electrons. The van der Waals surface area contributed by atoms with Crippen molar-refractivity contribution >= 4 is 11.2 Å². The first-order valence-corrected chi connectivity index (χ1v) is 5.04. The Labute approximate surface area is 92.3 Å². The van der Waals surface area contributed by atoms with Crippen LogP contribution in [0.3, 0.4) is 0 Å². The van der Waals surface area contributed by atoms with E-state index in [-0.39, 0.29) is 0 Å². The van der Waals surface area contributed by atoms with Crippen LogP contribution in [0.1, 0.15) is 5.69 Å². The Morgan fingerprint density at radius 3 is 2.94 bits per heavy atom. The van der Waals surface area contributed by atoms with Crippen molar-refractivity contribution in [2.45, 2.75) is 6.92 Å². The zero-order valence-electron chi connectivity index (χ0n) is 8.84. The molecular formula is C12H11N3O. The summed E-state index contributed by atoms with van der Waals surface area (Å²) in [6.07, 6.45) is 3.49. The number of furan rings is 1. The van der Waals surface area contributed by atoms with Crippen molar-refractivity contribution in [3.8, 4) is 11.6 Å². The third-order valence-corrected chi connectivity index (χ3v) is 2.59. The molecule has 0 aliphatic carbocycles. The number of aryl methyl sites for hydroxylation is 1. The standard InChI is InChI=1S/C12H11N3O/c1-8-10-5-4-9(13)7-15(10)12(14-8)11-3-2-6-16-11/h2-7H,13H2,1H3. The molecule has 2 N–H and O–H groups in total. The molecule has 0 aliphatic heterocycles. The van der Waals surface area contributed by atoms with Gasteiger partial charge in [-0.2, -0.15) is 0 Å². The molecule has 0 aliphatic rings. The minimum absolute atomic E-state index is 0.706. The van der Waals surface area contributed by atoms with Gasteiger partial charge >= 0.3 is 0 Å². The first kappa shape index (κ1) is 9.03. The van der Waals surface area contributed by atoms with Gasteiger partial charge in [-0.3, -0.25) is 4.40 Å². The lowest BCUT2D eigenvalue weighted by Gasteiger charge is -1.99. The minimum atomic E-state index is 0.706. The van der Waals surface area contributed by atoms with Gasteiger partial charge in [0.05, 0.1) is 17.5 Å². The average Bonchev–Trinajstić information content (AvgIpc) is 2.86. The molecule has 0 unspecified atom stereocenters. The van der Waals surface area contributed by atoms with Gasteiger partial charge in [-0.25, -0.2) is 4.98 Å². The van der Waals surface area contributed by atoms with Gasteiger partial charge < -0.3 is 10.2 Å². The highest BCUT2D eigenvalue weighted by molar-refractivity contribution is 5.64. The first-order valence-electron chi connectivity index (χ1n) is 5.04. The summed E-state index contributed by atoms with van der Waals surface area (Å²) in [6.45, 7) is 1.97. The summed E-state index contributed by atoms with van der Waals surface area (Å²) in [5.74, 6) is 1.53. The molecule has 80 valence electrons. The van der Waals surface area contributed by atoms with E-state index in [4.69, 9.17) is 10.2 Å². The van der Waals surface area contributed by atoms with Gasteiger partial charge in [-0.1, -0.05) is 0 Å². The number of aromatic nitrogens is 2. The second kappa shape index (κ2) is 3.13. The summed E-state index contributed by atoms with van der Waals surface area (Å²) >= 11 is 0. The van der Waals surface area contributed by atoms with Gasteiger partial charge in [0.1, 0.15) is 0 Å². The molecule has 3 aromatic heterocycles. The van der Waals surface area contributed by atoms with Gasteiger partial charge in [0.15, 0.2) is 11.6 Å². The third-order valence-electron chi connectivity index (χ3n) is 2.59. The van der Waals surface area contributed by atoms with Crippen LogP contribution in [0.25, 0.3) is 17.1 Å². The predicted molar refractivity (Wildman–Crippen MR) is 62.0 cm³/mol. The third kappa shape index (κ3) is 1.20. The molecule has 0 bridgehead atoms. The van der Waals surface area contributed by atoms with Crippen molar-refractivity contribution in [1.82, 2.24) is 9.38 Å². The number of anilines is 1. The topological polar surface area (TPSA) is 56.5 Å². The van der Waals surface area contributed by atoms with Crippen LogP contribution in [0.15, 0.2) is 41.1 Å². The lowest BCUT2D eigenvalue weighted by molar-refractivity contribution is 0.577. The number of rotatable bonds is 1. The Kier molecular flexibility index (Phi) is 1.77. The molecule has 0 spiro atoms. The van der Waals surface area contributed by atoms with Crippen LogP contribution in [0.5, 0.6) is 0 Å². The fourth-order valence-corrected chi connectivity index (χ4v) is 1.84. The van der Waals surface area contributed by atoms with E-state index in [1.54, 1.807) is 6.26 Å². The highest BCUT2D eigenvalue weighted by Crippen LogP contribution is 2.23. The molecule has 0 atom stereocenters. The fourth-order valence-electron chi connectivity index (χ4n) is 1.84. The number of pyridine rings is 1. The molecular weight excluding hydrogens is 202 g/mol. The molecule has 3 rings (SSSR count). The predicted octanol–water partition coefficient (Wildman–Crippen LogP) is 2.48. The number of hydrogen-bond donors (Lipinski definition) is 1. The zero-order chi connectivity index (χ0) is 11.1. The zero-order valence-corrected chi connectivity index (χ0v) is 8.84. The molecule has 0 saturated heterocycles. The van der Waals surface area contributed by atoms with Crippen molar-refractivity contribution in [2.75, 3.05) is 5.73 Å². The van der Waals surface area contributed by atoms with Crippen LogP contribution in [0.2, 0.25) is 0 Å². The molecule has 0 aromatic carbocycles. The maximum atomic E-state index is 5.78. The summed E-state index contributed by atoms with van der Waals surface area (Å²) in [7, 11) is 0.